The number of hydrazone groups is 1. The number of amides is 2. The predicted octanol–water partition coefficient (Wildman–Crippen LogP) is 2.82. The number of nitrogens with zero attached hydrogens (tertiary/aromatic N) is 1. The molecular formula is C15H15Cl2N3O2. The fourth-order valence-electron chi connectivity index (χ4n) is 2.34. The molecule has 1 heterocycles. The van der Waals surface area contributed by atoms with Crippen molar-refractivity contribution in [1.29, 1.82) is 0 Å². The number of anilines is 1. The fourth-order valence-corrected chi connectivity index (χ4v) is 3.05. The van der Waals surface area contributed by atoms with Crippen LogP contribution >= 0.6 is 23.2 Å². The van der Waals surface area contributed by atoms with Crippen LogP contribution < -0.4 is 10.7 Å². The molecule has 1 aliphatic heterocycles. The van der Waals surface area contributed by atoms with Crippen LogP contribution in [0.5, 0.6) is 0 Å². The Hall–Kier alpha value is -1.59. The SMILES string of the molecule is CC1(C(=O)Nc2ccc(C3=NNC(=O)CC3)cc2)CC1(Cl)Cl. The third-order valence-electron chi connectivity index (χ3n) is 4.14. The molecule has 0 saturated heterocycles. The number of hydrogen-bond donors (Lipinski definition) is 2. The lowest BCUT2D eigenvalue weighted by Crippen LogP contribution is -2.26. The largest absolute Gasteiger partial charge is 0.326 e. The Morgan fingerprint density at radius 2 is 1.91 bits per heavy atom. The summed E-state index contributed by atoms with van der Waals surface area (Å²) in [6.45, 7) is 1.75. The van der Waals surface area contributed by atoms with Crippen LogP contribution in [0.15, 0.2) is 29.4 Å². The quantitative estimate of drug-likeness (QED) is 0.831. The normalized spacial score (nSPS) is 26.0. The molecule has 0 bridgehead atoms. The highest BCUT2D eigenvalue weighted by atomic mass is 35.5. The van der Waals surface area contributed by atoms with Crippen LogP contribution in [0.2, 0.25) is 0 Å². The molecule has 1 aromatic rings. The average Bonchev–Trinajstić information content (AvgIpc) is 3.01. The van der Waals surface area contributed by atoms with E-state index in [4.69, 9.17) is 23.2 Å². The highest BCUT2D eigenvalue weighted by Gasteiger charge is 2.67. The second-order valence-electron chi connectivity index (χ2n) is 5.84. The number of rotatable bonds is 3. The molecule has 116 valence electrons. The van der Waals surface area contributed by atoms with Crippen molar-refractivity contribution in [2.24, 2.45) is 10.5 Å². The monoisotopic (exact) mass is 339 g/mol. The van der Waals surface area contributed by atoms with E-state index >= 15 is 0 Å². The zero-order chi connectivity index (χ0) is 16.0. The van der Waals surface area contributed by atoms with Gasteiger partial charge in [0.25, 0.3) is 0 Å². The molecular weight excluding hydrogens is 325 g/mol. The first kappa shape index (κ1) is 15.3. The summed E-state index contributed by atoms with van der Waals surface area (Å²) in [5.74, 6) is -0.261. The lowest BCUT2D eigenvalue weighted by molar-refractivity contribution is -0.121. The van der Waals surface area contributed by atoms with Gasteiger partial charge < -0.3 is 5.32 Å². The Balaban J connectivity index is 1.68. The Bertz CT molecular complexity index is 670. The lowest BCUT2D eigenvalue weighted by atomic mass is 10.0. The molecule has 5 nitrogen and oxygen atoms in total. The molecule has 1 fully saturated rings. The molecule has 2 N–H and O–H groups in total. The number of halogens is 2. The lowest BCUT2D eigenvalue weighted by Gasteiger charge is -2.14. The summed E-state index contributed by atoms with van der Waals surface area (Å²) in [5, 5.41) is 6.85. The van der Waals surface area contributed by atoms with Gasteiger partial charge in [0.2, 0.25) is 11.8 Å². The maximum atomic E-state index is 12.2. The smallest absolute Gasteiger partial charge is 0.240 e. The van der Waals surface area contributed by atoms with Crippen LogP contribution in [0.4, 0.5) is 5.69 Å². The van der Waals surface area contributed by atoms with E-state index in [1.54, 1.807) is 19.1 Å². The van der Waals surface area contributed by atoms with Crippen molar-refractivity contribution in [1.82, 2.24) is 5.43 Å². The van der Waals surface area contributed by atoms with Crippen molar-refractivity contribution in [2.45, 2.75) is 30.5 Å². The molecule has 1 aromatic carbocycles. The zero-order valence-corrected chi connectivity index (χ0v) is 13.5. The van der Waals surface area contributed by atoms with E-state index in [-0.39, 0.29) is 11.8 Å². The van der Waals surface area contributed by atoms with E-state index in [1.807, 2.05) is 12.1 Å². The summed E-state index contributed by atoms with van der Waals surface area (Å²) in [4.78, 5) is 23.3. The highest BCUT2D eigenvalue weighted by molar-refractivity contribution is 6.53. The summed E-state index contributed by atoms with van der Waals surface area (Å²) in [6.07, 6.45) is 1.49. The molecule has 2 amide bonds. The second-order valence-corrected chi connectivity index (χ2v) is 7.32. The zero-order valence-electron chi connectivity index (χ0n) is 12.0. The maximum Gasteiger partial charge on any atom is 0.240 e. The molecule has 1 saturated carbocycles. The van der Waals surface area contributed by atoms with E-state index in [1.165, 1.54) is 0 Å². The number of carbonyl (C=O) groups excluding carboxylic acids is 2. The van der Waals surface area contributed by atoms with Crippen LogP contribution in [-0.2, 0) is 9.59 Å². The third kappa shape index (κ3) is 2.71. The number of alkyl halides is 2. The summed E-state index contributed by atoms with van der Waals surface area (Å²) in [6, 6.07) is 7.30. The van der Waals surface area contributed by atoms with Gasteiger partial charge in [-0.25, -0.2) is 5.43 Å². The number of carbonyl (C=O) groups is 2. The second kappa shape index (κ2) is 5.25. The molecule has 3 rings (SSSR count). The van der Waals surface area contributed by atoms with Gasteiger partial charge in [0, 0.05) is 18.5 Å². The first-order valence-corrected chi connectivity index (χ1v) is 7.72. The summed E-state index contributed by atoms with van der Waals surface area (Å²) < 4.78 is -0.980. The minimum Gasteiger partial charge on any atom is -0.326 e. The minimum atomic E-state index is -0.980. The van der Waals surface area contributed by atoms with Gasteiger partial charge in [-0.1, -0.05) is 12.1 Å². The van der Waals surface area contributed by atoms with E-state index < -0.39 is 9.75 Å². The van der Waals surface area contributed by atoms with Crippen molar-refractivity contribution >= 4 is 46.4 Å². The van der Waals surface area contributed by atoms with Crippen molar-refractivity contribution in [3.63, 3.8) is 0 Å². The topological polar surface area (TPSA) is 70.6 Å². The molecule has 1 aliphatic carbocycles. The molecule has 0 spiro atoms. The summed E-state index contributed by atoms with van der Waals surface area (Å²) in [7, 11) is 0. The van der Waals surface area contributed by atoms with Crippen molar-refractivity contribution in [3.8, 4) is 0 Å². The van der Waals surface area contributed by atoms with E-state index in [9.17, 15) is 9.59 Å². The van der Waals surface area contributed by atoms with Gasteiger partial charge in [0.05, 0.1) is 11.1 Å². The molecule has 7 heteroatoms. The molecule has 0 aromatic heterocycles. The van der Waals surface area contributed by atoms with Gasteiger partial charge in [0.1, 0.15) is 4.33 Å². The molecule has 0 radical (unpaired) electrons. The Labute approximate surface area is 138 Å². The standard InChI is InChI=1S/C15H15Cl2N3O2/c1-14(8-15(14,16)17)13(22)18-10-4-2-9(3-5-10)11-6-7-12(21)20-19-11/h2-5H,6-8H2,1H3,(H,18,22)(H,20,21). The van der Waals surface area contributed by atoms with Gasteiger partial charge >= 0.3 is 0 Å². The van der Waals surface area contributed by atoms with Gasteiger partial charge in [-0.15, -0.1) is 23.2 Å². The first-order chi connectivity index (χ1) is 10.3. The first-order valence-electron chi connectivity index (χ1n) is 6.97. The van der Waals surface area contributed by atoms with Crippen LogP contribution in [0.25, 0.3) is 0 Å². The minimum absolute atomic E-state index is 0.0732. The van der Waals surface area contributed by atoms with E-state index in [2.05, 4.69) is 15.8 Å². The van der Waals surface area contributed by atoms with Gasteiger partial charge in [-0.2, -0.15) is 5.10 Å². The number of hydrogen-bond acceptors (Lipinski definition) is 3. The van der Waals surface area contributed by atoms with Crippen LogP contribution in [0.1, 0.15) is 31.7 Å². The molecule has 2 aliphatic rings. The highest BCUT2D eigenvalue weighted by Crippen LogP contribution is 2.64. The molecule has 22 heavy (non-hydrogen) atoms. The van der Waals surface area contributed by atoms with Gasteiger partial charge in [-0.3, -0.25) is 9.59 Å². The Kier molecular flexibility index (Phi) is 3.65. The van der Waals surface area contributed by atoms with Crippen LogP contribution in [0.3, 0.4) is 0 Å². The average molecular weight is 340 g/mol. The fraction of sp³-hybridized carbons (Fsp3) is 0.400. The number of benzene rings is 1. The predicted molar refractivity (Wildman–Crippen MR) is 86.1 cm³/mol. The van der Waals surface area contributed by atoms with E-state index in [0.29, 0.717) is 24.9 Å². The number of nitrogens with one attached hydrogen (secondary N) is 2. The van der Waals surface area contributed by atoms with Crippen LogP contribution in [-0.4, -0.2) is 21.9 Å². The molecule has 1 atom stereocenters. The molecule has 1 unspecified atom stereocenters. The maximum absolute atomic E-state index is 12.2. The Morgan fingerprint density at radius 3 is 2.41 bits per heavy atom. The van der Waals surface area contributed by atoms with E-state index in [0.717, 1.165) is 11.3 Å². The van der Waals surface area contributed by atoms with Gasteiger partial charge in [-0.05, 0) is 31.0 Å². The van der Waals surface area contributed by atoms with Crippen molar-refractivity contribution < 1.29 is 9.59 Å². The third-order valence-corrected chi connectivity index (χ3v) is 5.24. The van der Waals surface area contributed by atoms with Crippen LogP contribution in [0, 0.1) is 5.41 Å². The summed E-state index contributed by atoms with van der Waals surface area (Å²) in [5.41, 5.74) is 4.14. The Morgan fingerprint density at radius 1 is 1.27 bits per heavy atom. The van der Waals surface area contributed by atoms with Gasteiger partial charge in [0.15, 0.2) is 0 Å². The van der Waals surface area contributed by atoms with Crippen molar-refractivity contribution in [3.05, 3.63) is 29.8 Å². The summed E-state index contributed by atoms with van der Waals surface area (Å²) >= 11 is 12.0. The van der Waals surface area contributed by atoms with Crippen molar-refractivity contribution in [2.75, 3.05) is 5.32 Å².